The maximum atomic E-state index is 5.49. The van der Waals surface area contributed by atoms with Crippen molar-refractivity contribution in [2.45, 2.75) is 13.8 Å². The molecule has 1 fully saturated rings. The Balaban J connectivity index is 2.33. The van der Waals surface area contributed by atoms with Gasteiger partial charge in [0.2, 0.25) is 0 Å². The van der Waals surface area contributed by atoms with E-state index in [1.807, 2.05) is 0 Å². The SMILES string of the molecule is CCOCC[N+]1(CCOCC)CCNCC1. The van der Waals surface area contributed by atoms with E-state index in [4.69, 9.17) is 9.47 Å². The highest BCUT2D eigenvalue weighted by atomic mass is 16.5. The van der Waals surface area contributed by atoms with Gasteiger partial charge in [0.1, 0.15) is 13.1 Å². The molecule has 0 unspecified atom stereocenters. The van der Waals surface area contributed by atoms with E-state index in [1.54, 1.807) is 0 Å². The Morgan fingerprint density at radius 3 is 1.88 bits per heavy atom. The van der Waals surface area contributed by atoms with Crippen LogP contribution in [0.2, 0.25) is 0 Å². The largest absolute Gasteiger partial charge is 0.376 e. The van der Waals surface area contributed by atoms with E-state index in [9.17, 15) is 0 Å². The van der Waals surface area contributed by atoms with E-state index >= 15 is 0 Å². The van der Waals surface area contributed by atoms with Crippen LogP contribution in [0.25, 0.3) is 0 Å². The van der Waals surface area contributed by atoms with Crippen LogP contribution in [0.3, 0.4) is 0 Å². The fourth-order valence-corrected chi connectivity index (χ4v) is 2.23. The van der Waals surface area contributed by atoms with Gasteiger partial charge in [-0.1, -0.05) is 0 Å². The van der Waals surface area contributed by atoms with Crippen molar-refractivity contribution in [2.24, 2.45) is 0 Å². The summed E-state index contributed by atoms with van der Waals surface area (Å²) in [6.45, 7) is 14.4. The maximum absolute atomic E-state index is 5.49. The molecule has 1 heterocycles. The van der Waals surface area contributed by atoms with Gasteiger partial charge in [0, 0.05) is 26.3 Å². The average molecular weight is 231 g/mol. The Bertz CT molecular complexity index is 158. The zero-order valence-corrected chi connectivity index (χ0v) is 10.8. The van der Waals surface area contributed by atoms with E-state index < -0.39 is 0 Å². The average Bonchev–Trinajstić information content (AvgIpc) is 2.31. The van der Waals surface area contributed by atoms with Gasteiger partial charge in [-0.2, -0.15) is 0 Å². The molecule has 4 heteroatoms. The lowest BCUT2D eigenvalue weighted by atomic mass is 10.2. The van der Waals surface area contributed by atoms with Gasteiger partial charge >= 0.3 is 0 Å². The van der Waals surface area contributed by atoms with E-state index in [0.717, 1.165) is 57.1 Å². The predicted octanol–water partition coefficient (Wildman–Crippen LogP) is 0.479. The number of ether oxygens (including phenoxy) is 2. The van der Waals surface area contributed by atoms with E-state index in [1.165, 1.54) is 13.1 Å². The summed E-state index contributed by atoms with van der Waals surface area (Å²) in [5.41, 5.74) is 0. The lowest BCUT2D eigenvalue weighted by Crippen LogP contribution is -2.61. The van der Waals surface area contributed by atoms with Gasteiger partial charge < -0.3 is 19.3 Å². The molecule has 16 heavy (non-hydrogen) atoms. The summed E-state index contributed by atoms with van der Waals surface area (Å²) in [4.78, 5) is 0. The molecule has 0 amide bonds. The van der Waals surface area contributed by atoms with Gasteiger partial charge in [0.05, 0.1) is 26.3 Å². The first-order valence-electron chi connectivity index (χ1n) is 6.54. The first kappa shape index (κ1) is 13.9. The summed E-state index contributed by atoms with van der Waals surface area (Å²) in [6, 6.07) is 0. The van der Waals surface area contributed by atoms with Crippen LogP contribution in [0.4, 0.5) is 0 Å². The highest BCUT2D eigenvalue weighted by molar-refractivity contribution is 4.57. The first-order chi connectivity index (χ1) is 7.83. The molecule has 0 aromatic heterocycles. The molecule has 1 aliphatic heterocycles. The van der Waals surface area contributed by atoms with Crippen LogP contribution in [0.5, 0.6) is 0 Å². The van der Waals surface area contributed by atoms with Crippen LogP contribution >= 0.6 is 0 Å². The van der Waals surface area contributed by atoms with Crippen LogP contribution < -0.4 is 5.32 Å². The molecular formula is C12H27N2O2+. The van der Waals surface area contributed by atoms with Gasteiger partial charge in [-0.25, -0.2) is 0 Å². The summed E-state index contributed by atoms with van der Waals surface area (Å²) in [6.07, 6.45) is 0. The minimum Gasteiger partial charge on any atom is -0.376 e. The van der Waals surface area contributed by atoms with Crippen molar-refractivity contribution in [2.75, 3.05) is 65.7 Å². The second-order valence-corrected chi connectivity index (χ2v) is 4.38. The predicted molar refractivity (Wildman–Crippen MR) is 65.6 cm³/mol. The molecule has 1 N–H and O–H groups in total. The van der Waals surface area contributed by atoms with Crippen molar-refractivity contribution in [3.8, 4) is 0 Å². The Kier molecular flexibility index (Phi) is 6.96. The van der Waals surface area contributed by atoms with Gasteiger partial charge in [-0.15, -0.1) is 0 Å². The van der Waals surface area contributed by atoms with Crippen LogP contribution in [0.1, 0.15) is 13.8 Å². The van der Waals surface area contributed by atoms with Gasteiger partial charge in [0.15, 0.2) is 0 Å². The summed E-state index contributed by atoms with van der Waals surface area (Å²) in [7, 11) is 0. The van der Waals surface area contributed by atoms with Gasteiger partial charge in [-0.05, 0) is 13.8 Å². The number of rotatable bonds is 8. The summed E-state index contributed by atoms with van der Waals surface area (Å²) < 4.78 is 12.1. The summed E-state index contributed by atoms with van der Waals surface area (Å²) in [5, 5.41) is 3.42. The number of quaternary nitrogens is 1. The number of nitrogens with one attached hydrogen (secondary N) is 1. The molecule has 0 aromatic carbocycles. The van der Waals surface area contributed by atoms with Gasteiger partial charge in [0.25, 0.3) is 0 Å². The van der Waals surface area contributed by atoms with Crippen molar-refractivity contribution in [3.63, 3.8) is 0 Å². The molecule has 1 rings (SSSR count). The molecule has 0 bridgehead atoms. The molecule has 0 aromatic rings. The Morgan fingerprint density at radius 1 is 0.938 bits per heavy atom. The lowest BCUT2D eigenvalue weighted by Gasteiger charge is -2.41. The fraction of sp³-hybridized carbons (Fsp3) is 1.00. The van der Waals surface area contributed by atoms with E-state index in [-0.39, 0.29) is 0 Å². The highest BCUT2D eigenvalue weighted by Crippen LogP contribution is 2.08. The molecule has 0 radical (unpaired) electrons. The van der Waals surface area contributed by atoms with Crippen LogP contribution in [-0.4, -0.2) is 70.2 Å². The standard InChI is InChI=1S/C12H27N2O2/c1-3-15-11-9-14(10-12-16-4-2)7-5-13-6-8-14/h13H,3-12H2,1-2H3/q+1. The quantitative estimate of drug-likeness (QED) is 0.487. The zero-order valence-electron chi connectivity index (χ0n) is 10.8. The third kappa shape index (κ3) is 4.78. The summed E-state index contributed by atoms with van der Waals surface area (Å²) in [5.74, 6) is 0. The topological polar surface area (TPSA) is 30.5 Å². The van der Waals surface area contributed by atoms with Crippen molar-refractivity contribution in [1.82, 2.24) is 5.32 Å². The van der Waals surface area contributed by atoms with Crippen molar-refractivity contribution < 1.29 is 14.0 Å². The maximum Gasteiger partial charge on any atom is 0.103 e. The first-order valence-corrected chi connectivity index (χ1v) is 6.54. The molecule has 4 nitrogen and oxygen atoms in total. The monoisotopic (exact) mass is 231 g/mol. The van der Waals surface area contributed by atoms with Crippen LogP contribution in [0.15, 0.2) is 0 Å². The Hall–Kier alpha value is -0.160. The second-order valence-electron chi connectivity index (χ2n) is 4.38. The summed E-state index contributed by atoms with van der Waals surface area (Å²) >= 11 is 0. The lowest BCUT2D eigenvalue weighted by molar-refractivity contribution is -0.930. The fourth-order valence-electron chi connectivity index (χ4n) is 2.23. The molecule has 0 atom stereocenters. The third-order valence-corrected chi connectivity index (χ3v) is 3.35. The molecule has 1 saturated heterocycles. The smallest absolute Gasteiger partial charge is 0.103 e. The highest BCUT2D eigenvalue weighted by Gasteiger charge is 2.28. The van der Waals surface area contributed by atoms with E-state index in [2.05, 4.69) is 19.2 Å². The molecule has 96 valence electrons. The molecule has 0 spiro atoms. The minimum atomic E-state index is 0.823. The molecule has 0 aliphatic carbocycles. The Morgan fingerprint density at radius 2 is 1.44 bits per heavy atom. The van der Waals surface area contributed by atoms with Crippen molar-refractivity contribution in [1.29, 1.82) is 0 Å². The van der Waals surface area contributed by atoms with Crippen LogP contribution in [0, 0.1) is 0 Å². The van der Waals surface area contributed by atoms with Crippen molar-refractivity contribution >= 4 is 0 Å². The number of hydrogen-bond acceptors (Lipinski definition) is 3. The molecule has 1 aliphatic rings. The van der Waals surface area contributed by atoms with Crippen molar-refractivity contribution in [3.05, 3.63) is 0 Å². The number of hydrogen-bond donors (Lipinski definition) is 1. The number of piperazine rings is 1. The normalized spacial score (nSPS) is 19.9. The second kappa shape index (κ2) is 8.01. The van der Waals surface area contributed by atoms with E-state index in [0.29, 0.717) is 0 Å². The van der Waals surface area contributed by atoms with Crippen LogP contribution in [-0.2, 0) is 9.47 Å². The third-order valence-electron chi connectivity index (χ3n) is 3.35. The number of nitrogens with zero attached hydrogens (tertiary/aromatic N) is 1. The molecular weight excluding hydrogens is 204 g/mol. The zero-order chi connectivity index (χ0) is 11.7. The molecule has 0 saturated carbocycles. The Labute approximate surface area is 99.5 Å². The van der Waals surface area contributed by atoms with Gasteiger partial charge in [-0.3, -0.25) is 0 Å². The minimum absolute atomic E-state index is 0.823.